The Labute approximate surface area is 110 Å². The molecule has 2 bridgehead atoms. The van der Waals surface area contributed by atoms with E-state index in [-0.39, 0.29) is 0 Å². The Balaban J connectivity index is 1.97. The van der Waals surface area contributed by atoms with Gasteiger partial charge in [0.2, 0.25) is 0 Å². The van der Waals surface area contributed by atoms with E-state index in [4.69, 9.17) is 5.73 Å². The zero-order valence-electron chi connectivity index (χ0n) is 11.5. The summed E-state index contributed by atoms with van der Waals surface area (Å²) in [4.78, 5) is 2.69. The quantitative estimate of drug-likeness (QED) is 0.822. The number of rotatable bonds is 1. The zero-order valence-corrected chi connectivity index (χ0v) is 11.5. The normalized spacial score (nSPS) is 31.5. The molecule has 0 radical (unpaired) electrons. The first-order valence-corrected chi connectivity index (χ1v) is 7.26. The van der Waals surface area contributed by atoms with Crippen molar-refractivity contribution in [2.45, 2.75) is 64.1 Å². The van der Waals surface area contributed by atoms with Gasteiger partial charge in [-0.1, -0.05) is 12.1 Å². The van der Waals surface area contributed by atoms with Crippen LogP contribution in [0.5, 0.6) is 0 Å². The van der Waals surface area contributed by atoms with Gasteiger partial charge in [0.05, 0.1) is 0 Å². The maximum absolute atomic E-state index is 6.21. The summed E-state index contributed by atoms with van der Waals surface area (Å²) in [6, 6.07) is 8.60. The third-order valence-electron chi connectivity index (χ3n) is 4.65. The van der Waals surface area contributed by atoms with Gasteiger partial charge in [-0.05, 0) is 63.1 Å². The van der Waals surface area contributed by atoms with E-state index in [1.54, 1.807) is 0 Å². The summed E-state index contributed by atoms with van der Waals surface area (Å²) in [6.45, 7) is 4.42. The van der Waals surface area contributed by atoms with Gasteiger partial charge < -0.3 is 10.6 Å². The van der Waals surface area contributed by atoms with Crippen LogP contribution in [0.3, 0.4) is 0 Å². The minimum atomic E-state index is 0.418. The van der Waals surface area contributed by atoms with Gasteiger partial charge in [-0.25, -0.2) is 0 Å². The molecule has 2 nitrogen and oxygen atoms in total. The highest BCUT2D eigenvalue weighted by atomic mass is 15.2. The average molecular weight is 244 g/mol. The van der Waals surface area contributed by atoms with Crippen LogP contribution in [-0.4, -0.2) is 18.1 Å². The first-order chi connectivity index (χ1) is 8.65. The summed E-state index contributed by atoms with van der Waals surface area (Å²) < 4.78 is 0. The lowest BCUT2D eigenvalue weighted by molar-refractivity contribution is 0.271. The van der Waals surface area contributed by atoms with Gasteiger partial charge in [-0.2, -0.15) is 0 Å². The minimum Gasteiger partial charge on any atom is -0.365 e. The van der Waals surface area contributed by atoms with Crippen molar-refractivity contribution in [3.63, 3.8) is 0 Å². The second-order valence-corrected chi connectivity index (χ2v) is 6.17. The summed E-state index contributed by atoms with van der Waals surface area (Å²) in [5.74, 6) is 0. The number of piperidine rings is 2. The fourth-order valence-electron chi connectivity index (χ4n) is 3.81. The van der Waals surface area contributed by atoms with Gasteiger partial charge in [0.15, 0.2) is 0 Å². The van der Waals surface area contributed by atoms with Crippen molar-refractivity contribution >= 4 is 5.69 Å². The SMILES string of the molecule is Cc1ccc(C)c(N2C3CCCC2CC(N)C3)c1. The van der Waals surface area contributed by atoms with Gasteiger partial charge in [0.25, 0.3) is 0 Å². The third kappa shape index (κ3) is 2.03. The van der Waals surface area contributed by atoms with Gasteiger partial charge in [0, 0.05) is 23.8 Å². The summed E-state index contributed by atoms with van der Waals surface area (Å²) in [5, 5.41) is 0. The fourth-order valence-corrected chi connectivity index (χ4v) is 3.81. The van der Waals surface area contributed by atoms with Crippen LogP contribution >= 0.6 is 0 Å². The summed E-state index contributed by atoms with van der Waals surface area (Å²) in [6.07, 6.45) is 6.35. The van der Waals surface area contributed by atoms with E-state index >= 15 is 0 Å². The van der Waals surface area contributed by atoms with Crippen LogP contribution in [0.2, 0.25) is 0 Å². The molecule has 2 N–H and O–H groups in total. The molecule has 0 aromatic heterocycles. The Kier molecular flexibility index (Phi) is 3.06. The maximum Gasteiger partial charge on any atom is 0.0403 e. The lowest BCUT2D eigenvalue weighted by Gasteiger charge is -2.50. The molecule has 3 rings (SSSR count). The number of nitrogens with two attached hydrogens (primary N) is 1. The standard InChI is InChI=1S/C16H24N2/c1-11-6-7-12(2)16(8-11)18-14-4-3-5-15(18)10-13(17)9-14/h6-8,13-15H,3-5,9-10,17H2,1-2H3. The predicted octanol–water partition coefficient (Wildman–Crippen LogP) is 3.15. The molecule has 2 heteroatoms. The van der Waals surface area contributed by atoms with Gasteiger partial charge in [0.1, 0.15) is 0 Å². The summed E-state index contributed by atoms with van der Waals surface area (Å²) in [7, 11) is 0. The van der Waals surface area contributed by atoms with Gasteiger partial charge in [-0.3, -0.25) is 0 Å². The van der Waals surface area contributed by atoms with Gasteiger partial charge in [-0.15, -0.1) is 0 Å². The Bertz CT molecular complexity index is 427. The molecule has 2 saturated heterocycles. The topological polar surface area (TPSA) is 29.3 Å². The second-order valence-electron chi connectivity index (χ2n) is 6.17. The summed E-state index contributed by atoms with van der Waals surface area (Å²) >= 11 is 0. The minimum absolute atomic E-state index is 0.418. The van der Waals surface area contributed by atoms with Crippen LogP contribution in [0.15, 0.2) is 18.2 Å². The van der Waals surface area contributed by atoms with Crippen molar-refractivity contribution in [3.05, 3.63) is 29.3 Å². The monoisotopic (exact) mass is 244 g/mol. The van der Waals surface area contributed by atoms with E-state index in [1.807, 2.05) is 0 Å². The molecule has 18 heavy (non-hydrogen) atoms. The largest absolute Gasteiger partial charge is 0.365 e. The number of fused-ring (bicyclic) bond motifs is 2. The number of anilines is 1. The highest BCUT2D eigenvalue weighted by molar-refractivity contribution is 5.57. The first kappa shape index (κ1) is 12.0. The molecule has 1 aromatic carbocycles. The molecule has 0 saturated carbocycles. The van der Waals surface area contributed by atoms with E-state index in [0.717, 1.165) is 0 Å². The lowest BCUT2D eigenvalue weighted by Crippen LogP contribution is -2.55. The average Bonchev–Trinajstić information content (AvgIpc) is 2.31. The first-order valence-electron chi connectivity index (χ1n) is 7.26. The Morgan fingerprint density at radius 2 is 1.78 bits per heavy atom. The fraction of sp³-hybridized carbons (Fsp3) is 0.625. The maximum atomic E-state index is 6.21. The molecule has 2 unspecified atom stereocenters. The van der Waals surface area contributed by atoms with Crippen molar-refractivity contribution in [1.82, 2.24) is 0 Å². The molecule has 2 atom stereocenters. The molecule has 2 aliphatic heterocycles. The molecule has 0 amide bonds. The van der Waals surface area contributed by atoms with Crippen molar-refractivity contribution < 1.29 is 0 Å². The molecule has 1 aromatic rings. The van der Waals surface area contributed by atoms with E-state index in [9.17, 15) is 0 Å². The molecular weight excluding hydrogens is 220 g/mol. The number of hydrogen-bond acceptors (Lipinski definition) is 2. The molecule has 98 valence electrons. The Morgan fingerprint density at radius 3 is 2.44 bits per heavy atom. The lowest BCUT2D eigenvalue weighted by atomic mass is 9.81. The number of aryl methyl sites for hydroxylation is 2. The number of hydrogen-bond donors (Lipinski definition) is 1. The highest BCUT2D eigenvalue weighted by Gasteiger charge is 2.37. The predicted molar refractivity (Wildman–Crippen MR) is 77.0 cm³/mol. The molecule has 2 heterocycles. The van der Waals surface area contributed by atoms with Crippen LogP contribution in [0.25, 0.3) is 0 Å². The second kappa shape index (κ2) is 4.58. The van der Waals surface area contributed by atoms with Crippen molar-refractivity contribution in [3.8, 4) is 0 Å². The van der Waals surface area contributed by atoms with E-state index in [0.29, 0.717) is 18.1 Å². The Morgan fingerprint density at radius 1 is 1.11 bits per heavy atom. The zero-order chi connectivity index (χ0) is 12.7. The molecular formula is C16H24N2. The Hall–Kier alpha value is -1.02. The van der Waals surface area contributed by atoms with E-state index in [2.05, 4.69) is 36.9 Å². The van der Waals surface area contributed by atoms with Crippen LogP contribution in [0, 0.1) is 13.8 Å². The smallest absolute Gasteiger partial charge is 0.0403 e. The van der Waals surface area contributed by atoms with E-state index in [1.165, 1.54) is 48.9 Å². The molecule has 0 spiro atoms. The van der Waals surface area contributed by atoms with Crippen molar-refractivity contribution in [2.24, 2.45) is 5.73 Å². The van der Waals surface area contributed by atoms with Crippen LogP contribution in [-0.2, 0) is 0 Å². The molecule has 2 fully saturated rings. The van der Waals surface area contributed by atoms with Gasteiger partial charge >= 0.3 is 0 Å². The van der Waals surface area contributed by atoms with Crippen molar-refractivity contribution in [2.75, 3.05) is 4.90 Å². The summed E-state index contributed by atoms with van der Waals surface area (Å²) in [5.41, 5.74) is 10.4. The number of nitrogens with zero attached hydrogens (tertiary/aromatic N) is 1. The van der Waals surface area contributed by atoms with E-state index < -0.39 is 0 Å². The van der Waals surface area contributed by atoms with Crippen LogP contribution in [0.4, 0.5) is 5.69 Å². The number of benzene rings is 1. The molecule has 2 aliphatic rings. The van der Waals surface area contributed by atoms with Crippen LogP contribution < -0.4 is 10.6 Å². The van der Waals surface area contributed by atoms with Crippen LogP contribution in [0.1, 0.15) is 43.2 Å². The van der Waals surface area contributed by atoms with Crippen molar-refractivity contribution in [1.29, 1.82) is 0 Å². The highest BCUT2D eigenvalue weighted by Crippen LogP contribution is 2.38. The third-order valence-corrected chi connectivity index (χ3v) is 4.65. The molecule has 0 aliphatic carbocycles.